The van der Waals surface area contributed by atoms with E-state index in [1.807, 2.05) is 6.92 Å². The van der Waals surface area contributed by atoms with Gasteiger partial charge in [-0.1, -0.05) is 6.92 Å². The summed E-state index contributed by atoms with van der Waals surface area (Å²) in [6.07, 6.45) is 2.22. The Labute approximate surface area is 78.6 Å². The van der Waals surface area contributed by atoms with Gasteiger partial charge < -0.3 is 10.5 Å². The molecule has 2 aliphatic carbocycles. The van der Waals surface area contributed by atoms with E-state index in [1.54, 1.807) is 0 Å². The van der Waals surface area contributed by atoms with Crippen LogP contribution in [0.25, 0.3) is 0 Å². The van der Waals surface area contributed by atoms with Crippen molar-refractivity contribution in [2.24, 2.45) is 29.4 Å². The van der Waals surface area contributed by atoms with Crippen LogP contribution in [0.5, 0.6) is 0 Å². The lowest BCUT2D eigenvalue weighted by Gasteiger charge is -2.13. The molecule has 2 rings (SSSR count). The van der Waals surface area contributed by atoms with E-state index in [4.69, 9.17) is 10.5 Å². The van der Waals surface area contributed by atoms with Crippen molar-refractivity contribution in [2.75, 3.05) is 7.11 Å². The van der Waals surface area contributed by atoms with Gasteiger partial charge in [-0.25, -0.2) is 0 Å². The fourth-order valence-electron chi connectivity index (χ4n) is 3.02. The number of hydrogen-bond donors (Lipinski definition) is 1. The van der Waals surface area contributed by atoms with Gasteiger partial charge in [0.15, 0.2) is 0 Å². The smallest absolute Gasteiger partial charge is 0.308 e. The predicted molar refractivity (Wildman–Crippen MR) is 48.9 cm³/mol. The molecule has 2 saturated carbocycles. The molecule has 3 unspecified atom stereocenters. The van der Waals surface area contributed by atoms with Crippen LogP contribution in [0.3, 0.4) is 0 Å². The quantitative estimate of drug-likeness (QED) is 0.644. The zero-order valence-corrected chi connectivity index (χ0v) is 8.19. The minimum absolute atomic E-state index is 0.0621. The number of methoxy groups -OCH3 is 1. The van der Waals surface area contributed by atoms with Crippen LogP contribution in [0, 0.1) is 23.7 Å². The lowest BCUT2D eigenvalue weighted by atomic mass is 9.97. The van der Waals surface area contributed by atoms with Crippen molar-refractivity contribution in [3.05, 3.63) is 0 Å². The summed E-state index contributed by atoms with van der Waals surface area (Å²) >= 11 is 0. The molecule has 13 heavy (non-hydrogen) atoms. The summed E-state index contributed by atoms with van der Waals surface area (Å²) in [6.45, 7) is 1.97. The second kappa shape index (κ2) is 2.98. The molecule has 0 aromatic heterocycles. The molecular formula is C10H17NO2. The van der Waals surface area contributed by atoms with Crippen LogP contribution in [-0.4, -0.2) is 19.1 Å². The predicted octanol–water partition coefficient (Wildman–Crippen LogP) is 0.779. The molecule has 0 radical (unpaired) electrons. The van der Waals surface area contributed by atoms with Crippen LogP contribution in [0.1, 0.15) is 19.8 Å². The maximum Gasteiger partial charge on any atom is 0.308 e. The molecule has 2 fully saturated rings. The Morgan fingerprint density at radius 3 is 2.46 bits per heavy atom. The van der Waals surface area contributed by atoms with Gasteiger partial charge in [0, 0.05) is 6.04 Å². The molecule has 2 aliphatic rings. The summed E-state index contributed by atoms with van der Waals surface area (Å²) in [5, 5.41) is 0. The van der Waals surface area contributed by atoms with Crippen molar-refractivity contribution in [1.29, 1.82) is 0 Å². The first kappa shape index (κ1) is 9.00. The monoisotopic (exact) mass is 183 g/mol. The van der Waals surface area contributed by atoms with Crippen LogP contribution in [-0.2, 0) is 9.53 Å². The average molecular weight is 183 g/mol. The second-order valence-corrected chi connectivity index (χ2v) is 4.45. The summed E-state index contributed by atoms with van der Waals surface area (Å²) in [7, 11) is 1.46. The second-order valence-electron chi connectivity index (χ2n) is 4.45. The summed E-state index contributed by atoms with van der Waals surface area (Å²) in [4.78, 5) is 11.3. The van der Waals surface area contributed by atoms with Crippen LogP contribution in [0.4, 0.5) is 0 Å². The Hall–Kier alpha value is -0.570. The minimum atomic E-state index is -0.0621. The van der Waals surface area contributed by atoms with Gasteiger partial charge >= 0.3 is 5.97 Å². The Morgan fingerprint density at radius 1 is 1.46 bits per heavy atom. The Morgan fingerprint density at radius 2 is 2.00 bits per heavy atom. The molecule has 0 aromatic rings. The lowest BCUT2D eigenvalue weighted by molar-refractivity contribution is -0.145. The molecule has 0 amide bonds. The summed E-state index contributed by atoms with van der Waals surface area (Å²) in [6, 6.07) is 0.385. The fraction of sp³-hybridized carbons (Fsp3) is 0.900. The number of esters is 1. The molecule has 0 aliphatic heterocycles. The van der Waals surface area contributed by atoms with E-state index in [0.29, 0.717) is 23.8 Å². The normalized spacial score (nSPS) is 43.9. The van der Waals surface area contributed by atoms with Crippen LogP contribution in [0.15, 0.2) is 0 Å². The van der Waals surface area contributed by atoms with Crippen molar-refractivity contribution < 1.29 is 9.53 Å². The topological polar surface area (TPSA) is 52.3 Å². The van der Waals surface area contributed by atoms with Crippen molar-refractivity contribution in [1.82, 2.24) is 0 Å². The maximum absolute atomic E-state index is 11.3. The summed E-state index contributed by atoms with van der Waals surface area (Å²) in [5.74, 6) is 2.00. The van der Waals surface area contributed by atoms with E-state index in [-0.39, 0.29) is 11.9 Å². The van der Waals surface area contributed by atoms with Gasteiger partial charge in [0.2, 0.25) is 0 Å². The van der Waals surface area contributed by atoms with E-state index in [0.717, 1.165) is 12.8 Å². The van der Waals surface area contributed by atoms with Gasteiger partial charge in [-0.3, -0.25) is 4.79 Å². The molecule has 5 atom stereocenters. The molecule has 3 heteroatoms. The SMILES string of the molecule is COC(=O)C(C)C1[C@H]2CC(N)C[C@@H]12. The number of fused-ring (bicyclic) bond motifs is 1. The van der Waals surface area contributed by atoms with Gasteiger partial charge in [0.05, 0.1) is 13.0 Å². The standard InChI is InChI=1S/C10H17NO2/c1-5(10(12)13-2)9-7-3-6(11)4-8(7)9/h5-9H,3-4,11H2,1-2H3/t5?,6?,7-,8+,9?. The minimum Gasteiger partial charge on any atom is -0.469 e. The third-order valence-corrected chi connectivity index (χ3v) is 3.70. The van der Waals surface area contributed by atoms with Crippen molar-refractivity contribution in [3.8, 4) is 0 Å². The highest BCUT2D eigenvalue weighted by atomic mass is 16.5. The molecule has 0 spiro atoms. The van der Waals surface area contributed by atoms with Crippen LogP contribution in [0.2, 0.25) is 0 Å². The molecule has 0 heterocycles. The molecule has 0 bridgehead atoms. The first-order valence-electron chi connectivity index (χ1n) is 4.98. The Balaban J connectivity index is 1.90. The number of hydrogen-bond acceptors (Lipinski definition) is 3. The van der Waals surface area contributed by atoms with Gasteiger partial charge in [-0.2, -0.15) is 0 Å². The maximum atomic E-state index is 11.3. The van der Waals surface area contributed by atoms with Gasteiger partial charge in [-0.05, 0) is 30.6 Å². The molecule has 74 valence electrons. The average Bonchev–Trinajstić information content (AvgIpc) is 2.62. The first-order chi connectivity index (χ1) is 6.15. The molecule has 0 aromatic carbocycles. The van der Waals surface area contributed by atoms with Crippen LogP contribution < -0.4 is 5.73 Å². The Kier molecular flexibility index (Phi) is 2.06. The summed E-state index contributed by atoms with van der Waals surface area (Å²) in [5.41, 5.74) is 5.81. The molecular weight excluding hydrogens is 166 g/mol. The number of ether oxygens (including phenoxy) is 1. The van der Waals surface area contributed by atoms with E-state index in [2.05, 4.69) is 0 Å². The van der Waals surface area contributed by atoms with Gasteiger partial charge in [0.25, 0.3) is 0 Å². The van der Waals surface area contributed by atoms with Crippen molar-refractivity contribution in [2.45, 2.75) is 25.8 Å². The largest absolute Gasteiger partial charge is 0.469 e. The fourth-order valence-corrected chi connectivity index (χ4v) is 3.02. The van der Waals surface area contributed by atoms with Gasteiger partial charge in [-0.15, -0.1) is 0 Å². The third-order valence-electron chi connectivity index (χ3n) is 3.70. The van der Waals surface area contributed by atoms with E-state index in [9.17, 15) is 4.79 Å². The number of carbonyl (C=O) groups is 1. The number of carbonyl (C=O) groups excluding carboxylic acids is 1. The molecule has 0 saturated heterocycles. The summed E-state index contributed by atoms with van der Waals surface area (Å²) < 4.78 is 4.74. The third kappa shape index (κ3) is 1.35. The van der Waals surface area contributed by atoms with Gasteiger partial charge in [0.1, 0.15) is 0 Å². The lowest BCUT2D eigenvalue weighted by Crippen LogP contribution is -2.23. The van der Waals surface area contributed by atoms with E-state index in [1.165, 1.54) is 7.11 Å². The zero-order valence-electron chi connectivity index (χ0n) is 8.19. The zero-order chi connectivity index (χ0) is 9.59. The number of nitrogens with two attached hydrogens (primary N) is 1. The highest BCUT2D eigenvalue weighted by Gasteiger charge is 2.58. The molecule has 2 N–H and O–H groups in total. The highest BCUT2D eigenvalue weighted by Crippen LogP contribution is 2.60. The highest BCUT2D eigenvalue weighted by molar-refractivity contribution is 5.72. The van der Waals surface area contributed by atoms with Crippen LogP contribution >= 0.6 is 0 Å². The van der Waals surface area contributed by atoms with Crippen molar-refractivity contribution >= 4 is 5.97 Å². The Bertz CT molecular complexity index is 217. The van der Waals surface area contributed by atoms with E-state index >= 15 is 0 Å². The van der Waals surface area contributed by atoms with Crippen molar-refractivity contribution in [3.63, 3.8) is 0 Å². The molecule has 3 nitrogen and oxygen atoms in total. The number of rotatable bonds is 2. The first-order valence-corrected chi connectivity index (χ1v) is 4.98. The van der Waals surface area contributed by atoms with E-state index < -0.39 is 0 Å².